The Morgan fingerprint density at radius 1 is 1.07 bits per heavy atom. The van der Waals surface area contributed by atoms with Crippen molar-refractivity contribution in [1.29, 1.82) is 0 Å². The summed E-state index contributed by atoms with van der Waals surface area (Å²) in [7, 11) is 0. The molecule has 0 aliphatic carbocycles. The zero-order valence-electron chi connectivity index (χ0n) is 14.7. The molecule has 0 saturated carbocycles. The van der Waals surface area contributed by atoms with Gasteiger partial charge in [-0.2, -0.15) is 0 Å². The number of likely N-dealkylation sites (tertiary alicyclic amines) is 1. The second-order valence-corrected chi connectivity index (χ2v) is 7.58. The maximum atomic E-state index is 12.3. The highest BCUT2D eigenvalue weighted by Crippen LogP contribution is 2.36. The van der Waals surface area contributed by atoms with Crippen LogP contribution < -0.4 is 10.9 Å². The molecule has 1 saturated heterocycles. The van der Waals surface area contributed by atoms with E-state index >= 15 is 0 Å². The second-order valence-electron chi connectivity index (χ2n) is 6.52. The molecule has 138 valence electrons. The van der Waals surface area contributed by atoms with E-state index in [1.165, 1.54) is 4.70 Å². The van der Waals surface area contributed by atoms with Crippen molar-refractivity contribution in [2.45, 2.75) is 18.9 Å². The molecule has 1 aromatic heterocycles. The molecule has 1 unspecified atom stereocenters. The Bertz CT molecular complexity index is 924. The highest BCUT2D eigenvalue weighted by molar-refractivity contribution is 7.18. The lowest BCUT2D eigenvalue weighted by Crippen LogP contribution is -2.46. The maximum absolute atomic E-state index is 12.3. The Morgan fingerprint density at radius 2 is 1.85 bits per heavy atom. The van der Waals surface area contributed by atoms with Gasteiger partial charge in [-0.3, -0.25) is 25.3 Å². The van der Waals surface area contributed by atoms with Crippen LogP contribution in [0.25, 0.3) is 10.2 Å². The van der Waals surface area contributed by atoms with Crippen LogP contribution in [-0.2, 0) is 4.79 Å². The Kier molecular flexibility index (Phi) is 5.13. The molecule has 6 nitrogen and oxygen atoms in total. The molecule has 27 heavy (non-hydrogen) atoms. The zero-order valence-corrected chi connectivity index (χ0v) is 15.5. The summed E-state index contributed by atoms with van der Waals surface area (Å²) in [6, 6.07) is 17.0. The second kappa shape index (κ2) is 7.85. The van der Waals surface area contributed by atoms with Gasteiger partial charge in [0, 0.05) is 5.56 Å². The fourth-order valence-corrected chi connectivity index (χ4v) is 4.48. The van der Waals surface area contributed by atoms with Crippen molar-refractivity contribution in [2.75, 3.05) is 13.1 Å². The van der Waals surface area contributed by atoms with Crippen LogP contribution in [0.15, 0.2) is 54.6 Å². The molecule has 3 aromatic rings. The minimum absolute atomic E-state index is 0.151. The molecular formula is C20H20N4O2S. The van der Waals surface area contributed by atoms with Crippen LogP contribution in [0.5, 0.6) is 0 Å². The number of carbonyl (C=O) groups excluding carboxylic acids is 2. The van der Waals surface area contributed by atoms with E-state index in [9.17, 15) is 9.59 Å². The zero-order chi connectivity index (χ0) is 18.6. The van der Waals surface area contributed by atoms with Crippen LogP contribution in [0.2, 0.25) is 0 Å². The minimum Gasteiger partial charge on any atom is -0.285 e. The third-order valence-corrected chi connectivity index (χ3v) is 5.79. The molecule has 7 heteroatoms. The first-order valence-corrected chi connectivity index (χ1v) is 9.76. The highest BCUT2D eigenvalue weighted by atomic mass is 32.1. The number of benzene rings is 2. The van der Waals surface area contributed by atoms with Gasteiger partial charge in [-0.1, -0.05) is 30.3 Å². The van der Waals surface area contributed by atoms with Gasteiger partial charge in [0.05, 0.1) is 22.8 Å². The Labute approximate surface area is 161 Å². The summed E-state index contributed by atoms with van der Waals surface area (Å²) in [5, 5.41) is 1.05. The number of hydrogen-bond acceptors (Lipinski definition) is 5. The third-order valence-electron chi connectivity index (χ3n) is 4.66. The lowest BCUT2D eigenvalue weighted by atomic mass is 10.2. The normalized spacial score (nSPS) is 17.1. The number of nitrogens with zero attached hydrogens (tertiary/aromatic N) is 2. The predicted molar refractivity (Wildman–Crippen MR) is 105 cm³/mol. The number of hydrazine groups is 1. The molecule has 2 heterocycles. The standard InChI is InChI=1S/C20H20N4O2S/c25-18(22-23-19(26)14-7-2-1-3-8-14)13-24-12-6-10-16(24)20-21-15-9-4-5-11-17(15)27-20/h1-5,7-9,11,16H,6,10,12-13H2,(H,22,25)(H,23,26). The van der Waals surface area contributed by atoms with Crippen molar-refractivity contribution in [3.63, 3.8) is 0 Å². The van der Waals surface area contributed by atoms with Gasteiger partial charge < -0.3 is 0 Å². The Hall–Kier alpha value is -2.77. The summed E-state index contributed by atoms with van der Waals surface area (Å²) in [6.45, 7) is 1.08. The van der Waals surface area contributed by atoms with Crippen LogP contribution in [0.3, 0.4) is 0 Å². The minimum atomic E-state index is -0.326. The summed E-state index contributed by atoms with van der Waals surface area (Å²) in [4.78, 5) is 31.2. The summed E-state index contributed by atoms with van der Waals surface area (Å²) in [6.07, 6.45) is 2.02. The van der Waals surface area contributed by atoms with Crippen molar-refractivity contribution in [3.05, 3.63) is 65.2 Å². The van der Waals surface area contributed by atoms with Crippen LogP contribution in [-0.4, -0.2) is 34.8 Å². The fraction of sp³-hybridized carbons (Fsp3) is 0.250. The molecule has 2 N–H and O–H groups in total. The molecule has 4 rings (SSSR count). The van der Waals surface area contributed by atoms with E-state index in [4.69, 9.17) is 4.98 Å². The van der Waals surface area contributed by atoms with E-state index in [1.807, 2.05) is 24.3 Å². The van der Waals surface area contributed by atoms with Gasteiger partial charge >= 0.3 is 0 Å². The number of rotatable bonds is 4. The molecule has 1 fully saturated rings. The quantitative estimate of drug-likeness (QED) is 0.683. The lowest BCUT2D eigenvalue weighted by Gasteiger charge is -2.22. The smallest absolute Gasteiger partial charge is 0.269 e. The first-order valence-electron chi connectivity index (χ1n) is 8.94. The predicted octanol–water partition coefficient (Wildman–Crippen LogP) is 2.89. The van der Waals surface area contributed by atoms with Crippen LogP contribution in [0.4, 0.5) is 0 Å². The number of nitrogens with one attached hydrogen (secondary N) is 2. The van der Waals surface area contributed by atoms with Gasteiger partial charge in [-0.05, 0) is 43.7 Å². The van der Waals surface area contributed by atoms with Crippen molar-refractivity contribution < 1.29 is 9.59 Å². The summed E-state index contributed by atoms with van der Waals surface area (Å²) >= 11 is 1.69. The SMILES string of the molecule is O=C(CN1CCCC1c1nc2ccccc2s1)NNC(=O)c1ccccc1. The molecule has 2 aromatic carbocycles. The van der Waals surface area contributed by atoms with Crippen LogP contribution >= 0.6 is 11.3 Å². The highest BCUT2D eigenvalue weighted by Gasteiger charge is 2.30. The number of amides is 2. The third kappa shape index (κ3) is 3.99. The van der Waals surface area contributed by atoms with E-state index in [-0.39, 0.29) is 24.4 Å². The summed E-state index contributed by atoms with van der Waals surface area (Å²) < 4.78 is 1.17. The first kappa shape index (κ1) is 17.6. The first-order chi connectivity index (χ1) is 13.2. The monoisotopic (exact) mass is 380 g/mol. The lowest BCUT2D eigenvalue weighted by molar-refractivity contribution is -0.123. The average molecular weight is 380 g/mol. The van der Waals surface area contributed by atoms with Crippen molar-refractivity contribution in [3.8, 4) is 0 Å². The number of para-hydroxylation sites is 1. The van der Waals surface area contributed by atoms with Crippen LogP contribution in [0, 0.1) is 0 Å². The van der Waals surface area contributed by atoms with Crippen molar-refractivity contribution >= 4 is 33.4 Å². The van der Waals surface area contributed by atoms with Gasteiger partial charge in [0.1, 0.15) is 5.01 Å². The molecule has 1 atom stereocenters. The number of aromatic nitrogens is 1. The van der Waals surface area contributed by atoms with Gasteiger partial charge in [-0.15, -0.1) is 11.3 Å². The fourth-order valence-electron chi connectivity index (χ4n) is 3.34. The van der Waals surface area contributed by atoms with Crippen molar-refractivity contribution in [1.82, 2.24) is 20.7 Å². The molecular weight excluding hydrogens is 360 g/mol. The Balaban J connectivity index is 1.36. The van der Waals surface area contributed by atoms with E-state index in [0.29, 0.717) is 5.56 Å². The van der Waals surface area contributed by atoms with Gasteiger partial charge in [0.15, 0.2) is 0 Å². The molecule has 1 aliphatic heterocycles. The largest absolute Gasteiger partial charge is 0.285 e. The molecule has 2 amide bonds. The van der Waals surface area contributed by atoms with Crippen LogP contribution in [0.1, 0.15) is 34.2 Å². The number of carbonyl (C=O) groups is 2. The van der Waals surface area contributed by atoms with E-state index < -0.39 is 0 Å². The molecule has 1 aliphatic rings. The number of hydrogen-bond donors (Lipinski definition) is 2. The summed E-state index contributed by atoms with van der Waals surface area (Å²) in [5.74, 6) is -0.555. The van der Waals surface area contributed by atoms with Crippen molar-refractivity contribution in [2.24, 2.45) is 0 Å². The topological polar surface area (TPSA) is 74.3 Å². The number of thiazole rings is 1. The van der Waals surface area contributed by atoms with Gasteiger partial charge in [0.2, 0.25) is 0 Å². The van der Waals surface area contributed by atoms with Gasteiger partial charge in [-0.25, -0.2) is 4.98 Å². The summed E-state index contributed by atoms with van der Waals surface area (Å²) in [5.41, 5.74) is 6.49. The van der Waals surface area contributed by atoms with E-state index in [0.717, 1.165) is 29.9 Å². The van der Waals surface area contributed by atoms with E-state index in [1.54, 1.807) is 35.6 Å². The van der Waals surface area contributed by atoms with Gasteiger partial charge in [0.25, 0.3) is 11.8 Å². The average Bonchev–Trinajstić information content (AvgIpc) is 3.33. The maximum Gasteiger partial charge on any atom is 0.269 e. The molecule has 0 bridgehead atoms. The van der Waals surface area contributed by atoms with E-state index in [2.05, 4.69) is 21.8 Å². The number of fused-ring (bicyclic) bond motifs is 1. The molecule has 0 radical (unpaired) electrons. The molecule has 0 spiro atoms. The Morgan fingerprint density at radius 3 is 2.67 bits per heavy atom.